The van der Waals surface area contributed by atoms with Crippen LogP contribution in [0.1, 0.15) is 16.7 Å². The summed E-state index contributed by atoms with van der Waals surface area (Å²) in [7, 11) is 0. The summed E-state index contributed by atoms with van der Waals surface area (Å²) in [5.74, 6) is 0.0299. The normalized spacial score (nSPS) is 13.8. The van der Waals surface area contributed by atoms with Gasteiger partial charge in [-0.05, 0) is 51.7 Å². The Balaban J connectivity index is 1.47. The summed E-state index contributed by atoms with van der Waals surface area (Å²) in [6.45, 7) is 1.43. The van der Waals surface area contributed by atoms with E-state index >= 15 is 0 Å². The van der Waals surface area contributed by atoms with Gasteiger partial charge in [-0.15, -0.1) is 5.10 Å². The predicted octanol–water partition coefficient (Wildman–Crippen LogP) is 2.26. The number of amides is 1. The molecule has 25 heavy (non-hydrogen) atoms. The van der Waals surface area contributed by atoms with E-state index in [2.05, 4.69) is 27.7 Å². The van der Waals surface area contributed by atoms with Crippen molar-refractivity contribution in [2.24, 2.45) is 0 Å². The third kappa shape index (κ3) is 3.33. The molecule has 0 radical (unpaired) electrons. The van der Waals surface area contributed by atoms with Gasteiger partial charge in [0.15, 0.2) is 0 Å². The van der Waals surface area contributed by atoms with Crippen LogP contribution >= 0.6 is 0 Å². The lowest BCUT2D eigenvalue weighted by Crippen LogP contribution is -2.34. The molecule has 1 aliphatic heterocycles. The van der Waals surface area contributed by atoms with Gasteiger partial charge in [-0.25, -0.2) is 4.68 Å². The zero-order valence-corrected chi connectivity index (χ0v) is 13.6. The van der Waals surface area contributed by atoms with Crippen LogP contribution in [0.4, 0.5) is 0 Å². The van der Waals surface area contributed by atoms with Crippen LogP contribution in [0.5, 0.6) is 0 Å². The minimum absolute atomic E-state index is 0.0299. The summed E-state index contributed by atoms with van der Waals surface area (Å²) < 4.78 is 1.58. The summed E-state index contributed by atoms with van der Waals surface area (Å²) in [6, 6.07) is 16.0. The fraction of sp³-hybridized carbons (Fsp3) is 0.158. The van der Waals surface area contributed by atoms with Crippen LogP contribution in [0.3, 0.4) is 0 Å². The number of nitrogens with zero attached hydrogens (tertiary/aromatic N) is 5. The van der Waals surface area contributed by atoms with Crippen LogP contribution in [0.2, 0.25) is 0 Å². The lowest BCUT2D eigenvalue weighted by Gasteiger charge is -2.27. The number of tetrazole rings is 1. The topological polar surface area (TPSA) is 63.9 Å². The first-order valence-corrected chi connectivity index (χ1v) is 8.17. The Morgan fingerprint density at radius 3 is 2.80 bits per heavy atom. The maximum Gasteiger partial charge on any atom is 0.246 e. The Labute approximate surface area is 145 Å². The van der Waals surface area contributed by atoms with Gasteiger partial charge in [-0.2, -0.15) is 0 Å². The molecule has 6 heteroatoms. The Morgan fingerprint density at radius 1 is 1.08 bits per heavy atom. The first-order valence-electron chi connectivity index (χ1n) is 8.17. The molecule has 0 bridgehead atoms. The molecule has 0 saturated heterocycles. The van der Waals surface area contributed by atoms with Gasteiger partial charge in [0.1, 0.15) is 6.33 Å². The molecule has 0 saturated carbocycles. The molecule has 3 aromatic rings. The molecule has 2 aromatic carbocycles. The molecule has 0 unspecified atom stereocenters. The van der Waals surface area contributed by atoms with Gasteiger partial charge >= 0.3 is 0 Å². The number of aromatic nitrogens is 4. The predicted molar refractivity (Wildman–Crippen MR) is 93.8 cm³/mol. The second kappa shape index (κ2) is 6.68. The summed E-state index contributed by atoms with van der Waals surface area (Å²) in [4.78, 5) is 14.4. The second-order valence-corrected chi connectivity index (χ2v) is 5.96. The highest BCUT2D eigenvalue weighted by Gasteiger charge is 2.18. The van der Waals surface area contributed by atoms with Crippen LogP contribution in [-0.2, 0) is 17.8 Å². The van der Waals surface area contributed by atoms with Crippen molar-refractivity contribution in [3.63, 3.8) is 0 Å². The zero-order chi connectivity index (χ0) is 17.1. The standard InChI is InChI=1S/C19H17N5O/c25-19(23-11-10-16-5-1-2-6-17(16)13-23)9-8-15-4-3-7-18(12-15)24-14-20-21-22-24/h1-9,12,14H,10-11,13H2/b9-8+. The first-order chi connectivity index (χ1) is 12.3. The van der Waals surface area contributed by atoms with E-state index < -0.39 is 0 Å². The molecule has 0 aliphatic carbocycles. The Bertz CT molecular complexity index is 917. The van der Waals surface area contributed by atoms with Gasteiger partial charge in [0, 0.05) is 19.2 Å². The van der Waals surface area contributed by atoms with Crippen molar-refractivity contribution in [2.75, 3.05) is 6.54 Å². The van der Waals surface area contributed by atoms with Crippen molar-refractivity contribution < 1.29 is 4.79 Å². The van der Waals surface area contributed by atoms with Crippen molar-refractivity contribution in [3.8, 4) is 5.69 Å². The van der Waals surface area contributed by atoms with E-state index in [0.717, 1.165) is 24.2 Å². The van der Waals surface area contributed by atoms with Crippen LogP contribution < -0.4 is 0 Å². The van der Waals surface area contributed by atoms with E-state index in [-0.39, 0.29) is 5.91 Å². The van der Waals surface area contributed by atoms with Gasteiger partial charge in [0.2, 0.25) is 5.91 Å². The first kappa shape index (κ1) is 15.3. The molecule has 6 nitrogen and oxygen atoms in total. The Hall–Kier alpha value is -3.28. The van der Waals surface area contributed by atoms with E-state index in [0.29, 0.717) is 6.54 Å². The maximum absolute atomic E-state index is 12.5. The molecule has 0 N–H and O–H groups in total. The van der Waals surface area contributed by atoms with Crippen molar-refractivity contribution in [1.82, 2.24) is 25.1 Å². The second-order valence-electron chi connectivity index (χ2n) is 5.96. The SMILES string of the molecule is O=C(/C=C/c1cccc(-n2cnnn2)c1)N1CCc2ccccc2C1. The zero-order valence-electron chi connectivity index (χ0n) is 13.6. The highest BCUT2D eigenvalue weighted by atomic mass is 16.2. The van der Waals surface area contributed by atoms with Crippen molar-refractivity contribution in [2.45, 2.75) is 13.0 Å². The summed E-state index contributed by atoms with van der Waals surface area (Å²) in [5, 5.41) is 11.1. The van der Waals surface area contributed by atoms with Gasteiger partial charge in [0.05, 0.1) is 5.69 Å². The van der Waals surface area contributed by atoms with Crippen LogP contribution in [0, 0.1) is 0 Å². The fourth-order valence-corrected chi connectivity index (χ4v) is 3.01. The molecule has 1 aromatic heterocycles. The Morgan fingerprint density at radius 2 is 1.96 bits per heavy atom. The van der Waals surface area contributed by atoms with Gasteiger partial charge in [-0.1, -0.05) is 36.4 Å². The van der Waals surface area contributed by atoms with Crippen molar-refractivity contribution in [1.29, 1.82) is 0 Å². The number of carbonyl (C=O) groups excluding carboxylic acids is 1. The Kier molecular flexibility index (Phi) is 4.08. The highest BCUT2D eigenvalue weighted by molar-refractivity contribution is 5.92. The molecule has 0 spiro atoms. The van der Waals surface area contributed by atoms with E-state index in [1.165, 1.54) is 11.1 Å². The lowest BCUT2D eigenvalue weighted by molar-refractivity contribution is -0.126. The average Bonchev–Trinajstić information content (AvgIpc) is 3.21. The lowest BCUT2D eigenvalue weighted by atomic mass is 10.00. The monoisotopic (exact) mass is 331 g/mol. The molecule has 0 atom stereocenters. The minimum atomic E-state index is 0.0299. The number of rotatable bonds is 3. The van der Waals surface area contributed by atoms with E-state index in [1.807, 2.05) is 47.4 Å². The van der Waals surface area contributed by atoms with E-state index in [1.54, 1.807) is 17.1 Å². The van der Waals surface area contributed by atoms with Gasteiger partial charge in [0.25, 0.3) is 0 Å². The van der Waals surface area contributed by atoms with Crippen molar-refractivity contribution >= 4 is 12.0 Å². The molecule has 124 valence electrons. The summed E-state index contributed by atoms with van der Waals surface area (Å²) in [6.07, 6.45) is 5.91. The average molecular weight is 331 g/mol. The third-order valence-electron chi connectivity index (χ3n) is 4.34. The molecule has 4 rings (SSSR count). The highest BCUT2D eigenvalue weighted by Crippen LogP contribution is 2.19. The smallest absolute Gasteiger partial charge is 0.246 e. The molecule has 1 amide bonds. The van der Waals surface area contributed by atoms with Crippen LogP contribution in [0.15, 0.2) is 60.9 Å². The molecule has 2 heterocycles. The summed E-state index contributed by atoms with van der Waals surface area (Å²) >= 11 is 0. The number of hydrogen-bond donors (Lipinski definition) is 0. The van der Waals surface area contributed by atoms with Crippen molar-refractivity contribution in [3.05, 3.63) is 77.6 Å². The third-order valence-corrected chi connectivity index (χ3v) is 4.34. The molecule has 0 fully saturated rings. The number of benzene rings is 2. The number of carbonyl (C=O) groups is 1. The van der Waals surface area contributed by atoms with Gasteiger partial charge in [-0.3, -0.25) is 4.79 Å². The minimum Gasteiger partial charge on any atom is -0.334 e. The van der Waals surface area contributed by atoms with E-state index in [4.69, 9.17) is 0 Å². The number of hydrogen-bond acceptors (Lipinski definition) is 4. The fourth-order valence-electron chi connectivity index (χ4n) is 3.01. The quantitative estimate of drug-likeness (QED) is 0.691. The molecule has 1 aliphatic rings. The number of fused-ring (bicyclic) bond motifs is 1. The summed E-state index contributed by atoms with van der Waals surface area (Å²) in [5.41, 5.74) is 4.35. The van der Waals surface area contributed by atoms with E-state index in [9.17, 15) is 4.79 Å². The van der Waals surface area contributed by atoms with Crippen LogP contribution in [0.25, 0.3) is 11.8 Å². The molecular formula is C19H17N5O. The van der Waals surface area contributed by atoms with Crippen LogP contribution in [-0.4, -0.2) is 37.6 Å². The van der Waals surface area contributed by atoms with Gasteiger partial charge < -0.3 is 4.90 Å². The largest absolute Gasteiger partial charge is 0.334 e. The maximum atomic E-state index is 12.5. The molecular weight excluding hydrogens is 314 g/mol.